The maximum atomic E-state index is 12.1. The highest BCUT2D eigenvalue weighted by Crippen LogP contribution is 2.27. The fourth-order valence-corrected chi connectivity index (χ4v) is 2.60. The summed E-state index contributed by atoms with van der Waals surface area (Å²) in [4.78, 5) is 24.8. The summed E-state index contributed by atoms with van der Waals surface area (Å²) in [5.41, 5.74) is 5.11. The maximum Gasteiger partial charge on any atom is 0.269 e. The van der Waals surface area contributed by atoms with Gasteiger partial charge >= 0.3 is 0 Å². The summed E-state index contributed by atoms with van der Waals surface area (Å²) in [6.07, 6.45) is 0. The van der Waals surface area contributed by atoms with Crippen LogP contribution in [-0.4, -0.2) is 31.8 Å². The summed E-state index contributed by atoms with van der Waals surface area (Å²) in [5, 5.41) is 0. The molecule has 24 heavy (non-hydrogen) atoms. The molecule has 0 heterocycles. The number of hydrogen-bond acceptors (Lipinski definition) is 5. The molecular weight excluding hydrogens is 328 g/mol. The number of benzene rings is 2. The Hall–Kier alpha value is -2.67. The Bertz CT molecular complexity index is 707. The number of nitrogens with one attached hydrogen (secondary N) is 2. The molecule has 2 amide bonds. The zero-order valence-corrected chi connectivity index (χ0v) is 14.2. The van der Waals surface area contributed by atoms with E-state index in [1.54, 1.807) is 18.2 Å². The quantitative estimate of drug-likeness (QED) is 0.620. The Morgan fingerprint density at radius 1 is 0.958 bits per heavy atom. The van der Waals surface area contributed by atoms with Crippen molar-refractivity contribution in [2.75, 3.05) is 20.0 Å². The maximum absolute atomic E-state index is 12.1. The lowest BCUT2D eigenvalue weighted by atomic mass is 10.2. The predicted molar refractivity (Wildman–Crippen MR) is 92.3 cm³/mol. The second-order valence-electron chi connectivity index (χ2n) is 4.67. The second-order valence-corrected chi connectivity index (χ2v) is 5.72. The van der Waals surface area contributed by atoms with E-state index in [-0.39, 0.29) is 11.7 Å². The largest absolute Gasteiger partial charge is 0.493 e. The Labute approximate surface area is 144 Å². The number of hydrazine groups is 1. The number of ether oxygens (including phenoxy) is 2. The minimum absolute atomic E-state index is 0.205. The molecule has 0 aliphatic heterocycles. The van der Waals surface area contributed by atoms with E-state index in [1.165, 1.54) is 26.0 Å². The van der Waals surface area contributed by atoms with Crippen molar-refractivity contribution in [2.45, 2.75) is 4.90 Å². The lowest BCUT2D eigenvalue weighted by molar-refractivity contribution is -0.119. The highest BCUT2D eigenvalue weighted by molar-refractivity contribution is 8.00. The summed E-state index contributed by atoms with van der Waals surface area (Å²) in [6, 6.07) is 14.3. The summed E-state index contributed by atoms with van der Waals surface area (Å²) in [6.45, 7) is 0. The molecule has 0 aromatic heterocycles. The van der Waals surface area contributed by atoms with E-state index in [2.05, 4.69) is 10.9 Å². The molecule has 0 fully saturated rings. The van der Waals surface area contributed by atoms with E-state index in [4.69, 9.17) is 9.47 Å². The standard InChI is InChI=1S/C17H18N2O4S/c1-22-14-9-8-12(10-15(14)23-2)17(21)19-18-16(20)11-24-13-6-4-3-5-7-13/h3-10H,11H2,1-2H3,(H,18,20)(H,19,21). The Morgan fingerprint density at radius 3 is 2.33 bits per heavy atom. The molecule has 126 valence electrons. The monoisotopic (exact) mass is 346 g/mol. The highest BCUT2D eigenvalue weighted by atomic mass is 32.2. The van der Waals surface area contributed by atoms with Gasteiger partial charge in [-0.15, -0.1) is 11.8 Å². The molecule has 0 saturated carbocycles. The van der Waals surface area contributed by atoms with Crippen molar-refractivity contribution in [2.24, 2.45) is 0 Å². The van der Waals surface area contributed by atoms with Gasteiger partial charge in [-0.05, 0) is 30.3 Å². The number of carbonyl (C=O) groups is 2. The molecule has 6 nitrogen and oxygen atoms in total. The van der Waals surface area contributed by atoms with Crippen molar-refractivity contribution in [3.05, 3.63) is 54.1 Å². The van der Waals surface area contributed by atoms with Gasteiger partial charge in [0.15, 0.2) is 11.5 Å². The smallest absolute Gasteiger partial charge is 0.269 e. The van der Waals surface area contributed by atoms with Crippen molar-refractivity contribution in [3.8, 4) is 11.5 Å². The van der Waals surface area contributed by atoms with Crippen LogP contribution < -0.4 is 20.3 Å². The van der Waals surface area contributed by atoms with E-state index in [1.807, 2.05) is 30.3 Å². The van der Waals surface area contributed by atoms with Gasteiger partial charge in [-0.3, -0.25) is 20.4 Å². The van der Waals surface area contributed by atoms with Crippen molar-refractivity contribution >= 4 is 23.6 Å². The number of methoxy groups -OCH3 is 2. The first-order valence-corrected chi connectivity index (χ1v) is 8.11. The van der Waals surface area contributed by atoms with Crippen LogP contribution in [0.5, 0.6) is 11.5 Å². The summed E-state index contributed by atoms with van der Waals surface area (Å²) < 4.78 is 10.3. The molecule has 7 heteroatoms. The number of carbonyl (C=O) groups excluding carboxylic acids is 2. The highest BCUT2D eigenvalue weighted by Gasteiger charge is 2.11. The molecule has 0 atom stereocenters. The minimum atomic E-state index is -0.436. The first kappa shape index (κ1) is 17.7. The number of amides is 2. The predicted octanol–water partition coefficient (Wildman–Crippen LogP) is 2.26. The van der Waals surface area contributed by atoms with E-state index in [0.29, 0.717) is 17.1 Å². The van der Waals surface area contributed by atoms with Gasteiger partial charge in [0, 0.05) is 10.5 Å². The molecule has 0 unspecified atom stereocenters. The third-order valence-corrected chi connectivity index (χ3v) is 4.09. The lowest BCUT2D eigenvalue weighted by Gasteiger charge is -2.10. The van der Waals surface area contributed by atoms with Gasteiger partial charge in [0.05, 0.1) is 20.0 Å². The van der Waals surface area contributed by atoms with Crippen LogP contribution in [0.2, 0.25) is 0 Å². The number of thioether (sulfide) groups is 1. The van der Waals surface area contributed by atoms with E-state index in [0.717, 1.165) is 4.90 Å². The SMILES string of the molecule is COc1ccc(C(=O)NNC(=O)CSc2ccccc2)cc1OC. The lowest BCUT2D eigenvalue weighted by Crippen LogP contribution is -2.42. The van der Waals surface area contributed by atoms with Crippen LogP contribution in [0, 0.1) is 0 Å². The van der Waals surface area contributed by atoms with Gasteiger partial charge in [0.25, 0.3) is 5.91 Å². The van der Waals surface area contributed by atoms with Gasteiger partial charge in [0.1, 0.15) is 0 Å². The van der Waals surface area contributed by atoms with Crippen LogP contribution in [-0.2, 0) is 4.79 Å². The molecule has 0 aliphatic rings. The van der Waals surface area contributed by atoms with E-state index in [9.17, 15) is 9.59 Å². The normalized spacial score (nSPS) is 9.92. The third-order valence-electron chi connectivity index (χ3n) is 3.07. The molecular formula is C17H18N2O4S. The molecule has 2 aromatic rings. The van der Waals surface area contributed by atoms with Gasteiger partial charge in [-0.2, -0.15) is 0 Å². The van der Waals surface area contributed by atoms with Crippen LogP contribution in [0.25, 0.3) is 0 Å². The van der Waals surface area contributed by atoms with Crippen LogP contribution in [0.3, 0.4) is 0 Å². The molecule has 2 rings (SSSR count). The first-order chi connectivity index (χ1) is 11.6. The molecule has 2 N–H and O–H groups in total. The van der Waals surface area contributed by atoms with Gasteiger partial charge in [-0.1, -0.05) is 18.2 Å². The first-order valence-electron chi connectivity index (χ1n) is 7.13. The molecule has 0 bridgehead atoms. The van der Waals surface area contributed by atoms with Crippen LogP contribution in [0.4, 0.5) is 0 Å². The topological polar surface area (TPSA) is 76.7 Å². The molecule has 0 spiro atoms. The van der Waals surface area contributed by atoms with Crippen molar-refractivity contribution < 1.29 is 19.1 Å². The minimum Gasteiger partial charge on any atom is -0.493 e. The third kappa shape index (κ3) is 4.92. The van der Waals surface area contributed by atoms with Gasteiger partial charge < -0.3 is 9.47 Å². The molecule has 0 radical (unpaired) electrons. The average Bonchev–Trinajstić information content (AvgIpc) is 2.64. The van der Waals surface area contributed by atoms with E-state index < -0.39 is 5.91 Å². The van der Waals surface area contributed by atoms with Crippen LogP contribution >= 0.6 is 11.8 Å². The van der Waals surface area contributed by atoms with Gasteiger partial charge in [-0.25, -0.2) is 0 Å². The van der Waals surface area contributed by atoms with Crippen LogP contribution in [0.1, 0.15) is 10.4 Å². The molecule has 0 saturated heterocycles. The van der Waals surface area contributed by atoms with Crippen molar-refractivity contribution in [1.82, 2.24) is 10.9 Å². The Morgan fingerprint density at radius 2 is 1.67 bits per heavy atom. The summed E-state index contributed by atoms with van der Waals surface area (Å²) in [5.74, 6) is 0.441. The van der Waals surface area contributed by atoms with E-state index >= 15 is 0 Å². The fraction of sp³-hybridized carbons (Fsp3) is 0.176. The number of hydrogen-bond donors (Lipinski definition) is 2. The Kier molecular flexibility index (Phi) is 6.51. The van der Waals surface area contributed by atoms with Crippen molar-refractivity contribution in [3.63, 3.8) is 0 Å². The summed E-state index contributed by atoms with van der Waals surface area (Å²) in [7, 11) is 3.00. The Balaban J connectivity index is 1.85. The summed E-state index contributed by atoms with van der Waals surface area (Å²) >= 11 is 1.39. The molecule has 0 aliphatic carbocycles. The number of rotatable bonds is 6. The fourth-order valence-electron chi connectivity index (χ4n) is 1.88. The van der Waals surface area contributed by atoms with Gasteiger partial charge in [0.2, 0.25) is 5.91 Å². The zero-order valence-electron chi connectivity index (χ0n) is 13.4. The zero-order chi connectivity index (χ0) is 17.4. The molecule has 2 aromatic carbocycles. The van der Waals surface area contributed by atoms with Crippen LogP contribution in [0.15, 0.2) is 53.4 Å². The van der Waals surface area contributed by atoms with Crippen molar-refractivity contribution in [1.29, 1.82) is 0 Å². The average molecular weight is 346 g/mol. The second kappa shape index (κ2) is 8.83.